The van der Waals surface area contributed by atoms with E-state index in [0.29, 0.717) is 6.42 Å². The molecule has 0 aromatic rings. The molecule has 1 aliphatic rings. The number of hydrogen-bond donors (Lipinski definition) is 2. The Morgan fingerprint density at radius 2 is 2.12 bits per heavy atom. The van der Waals surface area contributed by atoms with Gasteiger partial charge in [-0.05, 0) is 6.42 Å². The number of carboxylic acid groups (broad SMARTS) is 1. The van der Waals surface area contributed by atoms with Crippen molar-refractivity contribution in [3.63, 3.8) is 0 Å². The number of aliphatic carboxylic acids is 1. The van der Waals surface area contributed by atoms with E-state index >= 15 is 0 Å². The SMILES string of the molecule is CCCCCC(C(=O)O)C1=CC(=O)NC1=O. The molecule has 5 heteroatoms. The monoisotopic (exact) mass is 225 g/mol. The topological polar surface area (TPSA) is 83.5 Å². The first-order valence-corrected chi connectivity index (χ1v) is 5.36. The van der Waals surface area contributed by atoms with E-state index in [2.05, 4.69) is 5.32 Å². The average Bonchev–Trinajstić information content (AvgIpc) is 2.52. The summed E-state index contributed by atoms with van der Waals surface area (Å²) >= 11 is 0. The third kappa shape index (κ3) is 2.92. The Labute approximate surface area is 93.5 Å². The van der Waals surface area contributed by atoms with Crippen LogP contribution >= 0.6 is 0 Å². The Morgan fingerprint density at radius 1 is 1.44 bits per heavy atom. The quantitative estimate of drug-likeness (QED) is 0.518. The summed E-state index contributed by atoms with van der Waals surface area (Å²) in [6.07, 6.45) is 4.14. The number of carbonyl (C=O) groups is 3. The molecule has 0 fully saturated rings. The van der Waals surface area contributed by atoms with Crippen molar-refractivity contribution in [2.75, 3.05) is 0 Å². The molecule has 1 aliphatic heterocycles. The van der Waals surface area contributed by atoms with E-state index in [1.165, 1.54) is 0 Å². The summed E-state index contributed by atoms with van der Waals surface area (Å²) in [6.45, 7) is 2.01. The molecule has 1 heterocycles. The van der Waals surface area contributed by atoms with Gasteiger partial charge in [-0.25, -0.2) is 0 Å². The van der Waals surface area contributed by atoms with Crippen LogP contribution in [0, 0.1) is 5.92 Å². The molecule has 88 valence electrons. The summed E-state index contributed by atoms with van der Waals surface area (Å²) in [5.74, 6) is -3.01. The van der Waals surface area contributed by atoms with Crippen molar-refractivity contribution in [2.45, 2.75) is 32.6 Å². The number of carboxylic acids is 1. The van der Waals surface area contributed by atoms with Crippen LogP contribution in [-0.2, 0) is 14.4 Å². The van der Waals surface area contributed by atoms with Gasteiger partial charge in [-0.2, -0.15) is 0 Å². The van der Waals surface area contributed by atoms with Gasteiger partial charge >= 0.3 is 5.97 Å². The van der Waals surface area contributed by atoms with E-state index in [-0.39, 0.29) is 5.57 Å². The Kier molecular flexibility index (Phi) is 4.22. The summed E-state index contributed by atoms with van der Waals surface area (Å²) in [5, 5.41) is 11.1. The second-order valence-corrected chi connectivity index (χ2v) is 3.80. The van der Waals surface area contributed by atoms with Crippen LogP contribution in [0.5, 0.6) is 0 Å². The zero-order chi connectivity index (χ0) is 12.1. The van der Waals surface area contributed by atoms with Crippen molar-refractivity contribution in [1.29, 1.82) is 0 Å². The fourth-order valence-electron chi connectivity index (χ4n) is 1.70. The maximum atomic E-state index is 11.3. The first-order chi connectivity index (χ1) is 7.56. The molecule has 0 aliphatic carbocycles. The molecule has 2 N–H and O–H groups in total. The number of unbranched alkanes of at least 4 members (excludes halogenated alkanes) is 2. The van der Waals surface area contributed by atoms with E-state index < -0.39 is 23.7 Å². The molecule has 16 heavy (non-hydrogen) atoms. The van der Waals surface area contributed by atoms with Gasteiger partial charge in [0.15, 0.2) is 0 Å². The van der Waals surface area contributed by atoms with E-state index in [9.17, 15) is 14.4 Å². The predicted octanol–water partition coefficient (Wildman–Crippen LogP) is 0.850. The zero-order valence-electron chi connectivity index (χ0n) is 9.16. The molecule has 2 amide bonds. The van der Waals surface area contributed by atoms with Gasteiger partial charge in [0.2, 0.25) is 0 Å². The van der Waals surface area contributed by atoms with Crippen molar-refractivity contribution < 1.29 is 19.5 Å². The second-order valence-electron chi connectivity index (χ2n) is 3.80. The number of carbonyl (C=O) groups excluding carboxylic acids is 2. The molecular formula is C11H15NO4. The average molecular weight is 225 g/mol. The van der Waals surface area contributed by atoms with Gasteiger partial charge in [-0.15, -0.1) is 0 Å². The zero-order valence-corrected chi connectivity index (χ0v) is 9.16. The molecule has 1 atom stereocenters. The van der Waals surface area contributed by atoms with Crippen molar-refractivity contribution in [2.24, 2.45) is 5.92 Å². The lowest BCUT2D eigenvalue weighted by atomic mass is 9.93. The summed E-state index contributed by atoms with van der Waals surface area (Å²) in [4.78, 5) is 33.2. The standard InChI is InChI=1S/C11H15NO4/c1-2-3-4-5-7(11(15)16)8-6-9(13)12-10(8)14/h6-7H,2-5H2,1H3,(H,15,16)(H,12,13,14). The Morgan fingerprint density at radius 3 is 2.56 bits per heavy atom. The maximum Gasteiger partial charge on any atom is 0.311 e. The van der Waals surface area contributed by atoms with Crippen molar-refractivity contribution in [3.05, 3.63) is 11.6 Å². The number of nitrogens with one attached hydrogen (secondary N) is 1. The Hall–Kier alpha value is -1.65. The number of amides is 2. The minimum atomic E-state index is -1.05. The minimum absolute atomic E-state index is 0.0774. The number of hydrogen-bond acceptors (Lipinski definition) is 3. The molecule has 0 bridgehead atoms. The van der Waals surface area contributed by atoms with Crippen LogP contribution in [0.3, 0.4) is 0 Å². The van der Waals surface area contributed by atoms with E-state index in [1.807, 2.05) is 6.92 Å². The van der Waals surface area contributed by atoms with Crippen LogP contribution in [0.1, 0.15) is 32.6 Å². The van der Waals surface area contributed by atoms with E-state index in [1.54, 1.807) is 0 Å². The molecule has 1 unspecified atom stereocenters. The Balaban J connectivity index is 2.70. The Bertz CT molecular complexity index is 346. The molecule has 0 aromatic heterocycles. The van der Waals surface area contributed by atoms with Gasteiger partial charge in [-0.1, -0.05) is 26.2 Å². The first-order valence-electron chi connectivity index (χ1n) is 5.36. The maximum absolute atomic E-state index is 11.3. The lowest BCUT2D eigenvalue weighted by Crippen LogP contribution is -2.27. The highest BCUT2D eigenvalue weighted by Crippen LogP contribution is 2.21. The number of imide groups is 1. The molecule has 1 rings (SSSR count). The third-order valence-electron chi connectivity index (χ3n) is 2.56. The molecule has 0 radical (unpaired) electrons. The van der Waals surface area contributed by atoms with Gasteiger partial charge in [0.25, 0.3) is 11.8 Å². The minimum Gasteiger partial charge on any atom is -0.481 e. The van der Waals surface area contributed by atoms with Crippen LogP contribution < -0.4 is 5.32 Å². The fourth-order valence-corrected chi connectivity index (χ4v) is 1.70. The smallest absolute Gasteiger partial charge is 0.311 e. The molecule has 0 spiro atoms. The second kappa shape index (κ2) is 5.44. The van der Waals surface area contributed by atoms with Crippen LogP contribution in [0.4, 0.5) is 0 Å². The predicted molar refractivity (Wildman–Crippen MR) is 56.5 cm³/mol. The van der Waals surface area contributed by atoms with Gasteiger partial charge < -0.3 is 5.11 Å². The van der Waals surface area contributed by atoms with Crippen LogP contribution in [0.15, 0.2) is 11.6 Å². The third-order valence-corrected chi connectivity index (χ3v) is 2.56. The summed E-state index contributed by atoms with van der Waals surface area (Å²) in [5.41, 5.74) is 0.0774. The van der Waals surface area contributed by atoms with E-state index in [0.717, 1.165) is 25.3 Å². The van der Waals surface area contributed by atoms with Crippen molar-refractivity contribution in [3.8, 4) is 0 Å². The fraction of sp³-hybridized carbons (Fsp3) is 0.545. The largest absolute Gasteiger partial charge is 0.481 e. The van der Waals surface area contributed by atoms with Crippen LogP contribution in [0.25, 0.3) is 0 Å². The lowest BCUT2D eigenvalue weighted by Gasteiger charge is -2.11. The van der Waals surface area contributed by atoms with Crippen LogP contribution in [-0.4, -0.2) is 22.9 Å². The number of rotatable bonds is 6. The van der Waals surface area contributed by atoms with Crippen LogP contribution in [0.2, 0.25) is 0 Å². The van der Waals surface area contributed by atoms with Gasteiger partial charge in [0.05, 0.1) is 5.92 Å². The van der Waals surface area contributed by atoms with Crippen molar-refractivity contribution >= 4 is 17.8 Å². The highest BCUT2D eigenvalue weighted by Gasteiger charge is 2.32. The molecule has 0 saturated heterocycles. The summed E-state index contributed by atoms with van der Waals surface area (Å²) in [7, 11) is 0. The highest BCUT2D eigenvalue weighted by atomic mass is 16.4. The molecule has 5 nitrogen and oxygen atoms in total. The normalized spacial score (nSPS) is 16.9. The lowest BCUT2D eigenvalue weighted by molar-refractivity contribution is -0.141. The molecular weight excluding hydrogens is 210 g/mol. The van der Waals surface area contributed by atoms with E-state index in [4.69, 9.17) is 5.11 Å². The van der Waals surface area contributed by atoms with Gasteiger partial charge in [0, 0.05) is 11.6 Å². The first kappa shape index (κ1) is 12.4. The molecule has 0 aromatic carbocycles. The highest BCUT2D eigenvalue weighted by molar-refractivity contribution is 6.18. The summed E-state index contributed by atoms with van der Waals surface area (Å²) < 4.78 is 0. The van der Waals surface area contributed by atoms with Gasteiger partial charge in [-0.3, -0.25) is 19.7 Å². The summed E-state index contributed by atoms with van der Waals surface area (Å²) in [6, 6.07) is 0. The van der Waals surface area contributed by atoms with Crippen molar-refractivity contribution in [1.82, 2.24) is 5.32 Å². The van der Waals surface area contributed by atoms with Gasteiger partial charge in [0.1, 0.15) is 0 Å². The molecule has 0 saturated carbocycles.